The van der Waals surface area contributed by atoms with Gasteiger partial charge in [0.15, 0.2) is 0 Å². The molecular weight excluding hydrogens is 328 g/mol. The van der Waals surface area contributed by atoms with E-state index in [1.807, 2.05) is 24.3 Å². The Balaban J connectivity index is 1.98. The average Bonchev–Trinajstić information content (AvgIpc) is 2.61. The minimum absolute atomic E-state index is 0.274. The van der Waals surface area contributed by atoms with Crippen molar-refractivity contribution < 1.29 is 19.7 Å². The monoisotopic (exact) mass is 348 g/mol. The molecule has 1 aromatic carbocycles. The van der Waals surface area contributed by atoms with E-state index < -0.39 is 6.10 Å². The second-order valence-corrected chi connectivity index (χ2v) is 6.04. The van der Waals surface area contributed by atoms with Gasteiger partial charge in [0, 0.05) is 23.3 Å². The van der Waals surface area contributed by atoms with Gasteiger partial charge >= 0.3 is 5.97 Å². The summed E-state index contributed by atoms with van der Waals surface area (Å²) in [5.41, 5.74) is 1.32. The number of aromatic nitrogens is 1. The Kier molecular flexibility index (Phi) is 7.05. The molecule has 0 saturated carbocycles. The van der Waals surface area contributed by atoms with E-state index in [4.69, 9.17) is 9.84 Å². The van der Waals surface area contributed by atoms with Gasteiger partial charge < -0.3 is 20.3 Å². The minimum atomic E-state index is -0.783. The number of esters is 1. The van der Waals surface area contributed by atoms with Gasteiger partial charge in [-0.2, -0.15) is 0 Å². The molecule has 7 heteroatoms. The number of nitrogens with one attached hydrogen (secondary N) is 1. The Morgan fingerprint density at radius 3 is 2.75 bits per heavy atom. The van der Waals surface area contributed by atoms with E-state index in [1.54, 1.807) is 25.3 Å². The highest BCUT2D eigenvalue weighted by atomic mass is 32.2. The number of nitrogens with zero attached hydrogens (tertiary/aromatic N) is 1. The van der Waals surface area contributed by atoms with Crippen LogP contribution in [0.15, 0.2) is 52.5 Å². The van der Waals surface area contributed by atoms with Crippen LogP contribution < -0.4 is 5.32 Å². The predicted molar refractivity (Wildman–Crippen MR) is 92.3 cm³/mol. The molecule has 0 amide bonds. The lowest BCUT2D eigenvalue weighted by Gasteiger charge is -2.10. The second kappa shape index (κ2) is 9.27. The third-order valence-electron chi connectivity index (χ3n) is 3.08. The molecule has 0 saturated heterocycles. The fourth-order valence-electron chi connectivity index (χ4n) is 1.87. The Labute approximate surface area is 144 Å². The van der Waals surface area contributed by atoms with Gasteiger partial charge in [0.1, 0.15) is 5.03 Å². The van der Waals surface area contributed by atoms with Crippen LogP contribution in [0.5, 0.6) is 0 Å². The average molecular weight is 348 g/mol. The largest absolute Gasteiger partial charge is 0.462 e. The molecule has 2 aromatic rings. The number of hydrogen-bond acceptors (Lipinski definition) is 7. The standard InChI is InChI=1S/C17H20N2O4S/c1-2-23-17(22)12-7-8-18-16(9-12)24-15-5-3-13(4-6-15)19-10-14(21)11-20/h3-9,14,19-21H,2,10-11H2,1H3. The number of carbonyl (C=O) groups is 1. The van der Waals surface area contributed by atoms with Crippen molar-refractivity contribution in [1.29, 1.82) is 0 Å². The summed E-state index contributed by atoms with van der Waals surface area (Å²) in [6, 6.07) is 10.9. The number of ether oxygens (including phenoxy) is 1. The first-order valence-electron chi connectivity index (χ1n) is 7.56. The Bertz CT molecular complexity index is 664. The number of rotatable bonds is 8. The first-order valence-corrected chi connectivity index (χ1v) is 8.38. The van der Waals surface area contributed by atoms with Crippen molar-refractivity contribution in [3.63, 3.8) is 0 Å². The molecule has 128 valence electrons. The van der Waals surface area contributed by atoms with Crippen molar-refractivity contribution in [2.24, 2.45) is 0 Å². The normalized spacial score (nSPS) is 11.8. The van der Waals surface area contributed by atoms with E-state index in [-0.39, 0.29) is 19.1 Å². The highest BCUT2D eigenvalue weighted by molar-refractivity contribution is 7.99. The quantitative estimate of drug-likeness (QED) is 0.630. The van der Waals surface area contributed by atoms with Crippen LogP contribution in [0.3, 0.4) is 0 Å². The molecule has 3 N–H and O–H groups in total. The van der Waals surface area contributed by atoms with Crippen molar-refractivity contribution in [1.82, 2.24) is 4.98 Å². The number of aliphatic hydroxyl groups excluding tert-OH is 2. The van der Waals surface area contributed by atoms with Crippen LogP contribution in [0.1, 0.15) is 17.3 Å². The zero-order chi connectivity index (χ0) is 17.4. The van der Waals surface area contributed by atoms with Crippen LogP contribution in [0, 0.1) is 0 Å². The lowest BCUT2D eigenvalue weighted by Crippen LogP contribution is -2.22. The summed E-state index contributed by atoms with van der Waals surface area (Å²) < 4.78 is 4.98. The van der Waals surface area contributed by atoms with Gasteiger partial charge in [0.2, 0.25) is 0 Å². The maximum atomic E-state index is 11.7. The molecule has 0 fully saturated rings. The number of anilines is 1. The molecular formula is C17H20N2O4S. The summed E-state index contributed by atoms with van der Waals surface area (Å²) in [5.74, 6) is -0.358. The zero-order valence-corrected chi connectivity index (χ0v) is 14.1. The molecule has 0 aliphatic rings. The second-order valence-electron chi connectivity index (χ2n) is 4.95. The van der Waals surface area contributed by atoms with Gasteiger partial charge in [-0.05, 0) is 43.3 Å². The fourth-order valence-corrected chi connectivity index (χ4v) is 2.68. The van der Waals surface area contributed by atoms with Gasteiger partial charge in [-0.15, -0.1) is 0 Å². The minimum Gasteiger partial charge on any atom is -0.462 e. The Hall–Kier alpha value is -2.09. The van der Waals surface area contributed by atoms with Crippen molar-refractivity contribution in [2.75, 3.05) is 25.1 Å². The molecule has 0 aliphatic carbocycles. The van der Waals surface area contributed by atoms with Crippen molar-refractivity contribution in [3.05, 3.63) is 48.2 Å². The summed E-state index contributed by atoms with van der Waals surface area (Å²) >= 11 is 1.44. The summed E-state index contributed by atoms with van der Waals surface area (Å²) in [4.78, 5) is 17.0. The maximum Gasteiger partial charge on any atom is 0.338 e. The number of pyridine rings is 1. The van der Waals surface area contributed by atoms with Crippen LogP contribution >= 0.6 is 11.8 Å². The highest BCUT2D eigenvalue weighted by Crippen LogP contribution is 2.27. The van der Waals surface area contributed by atoms with Crippen LogP contribution in [0.4, 0.5) is 5.69 Å². The number of carbonyl (C=O) groups excluding carboxylic acids is 1. The molecule has 0 spiro atoms. The molecule has 1 atom stereocenters. The Morgan fingerprint density at radius 1 is 1.33 bits per heavy atom. The van der Waals surface area contributed by atoms with Gasteiger partial charge in [0.25, 0.3) is 0 Å². The predicted octanol–water partition coefficient (Wildman–Crippen LogP) is 2.17. The molecule has 1 heterocycles. The number of hydrogen-bond donors (Lipinski definition) is 3. The van der Waals surface area contributed by atoms with Crippen LogP contribution in [-0.4, -0.2) is 47.0 Å². The molecule has 1 unspecified atom stereocenters. The molecule has 6 nitrogen and oxygen atoms in total. The van der Waals surface area contributed by atoms with E-state index >= 15 is 0 Å². The number of aliphatic hydroxyl groups is 2. The lowest BCUT2D eigenvalue weighted by atomic mass is 10.3. The lowest BCUT2D eigenvalue weighted by molar-refractivity contribution is 0.0526. The Morgan fingerprint density at radius 2 is 2.08 bits per heavy atom. The molecule has 2 rings (SSSR count). The summed E-state index contributed by atoms with van der Waals surface area (Å²) in [6.07, 6.45) is 0.801. The van der Waals surface area contributed by atoms with Crippen molar-refractivity contribution in [3.8, 4) is 0 Å². The van der Waals surface area contributed by atoms with Gasteiger partial charge in [-0.1, -0.05) is 11.8 Å². The molecule has 1 aromatic heterocycles. The molecule has 0 radical (unpaired) electrons. The SMILES string of the molecule is CCOC(=O)c1ccnc(Sc2ccc(NCC(O)CO)cc2)c1. The van der Waals surface area contributed by atoms with Crippen LogP contribution in [-0.2, 0) is 4.74 Å². The number of benzene rings is 1. The highest BCUT2D eigenvalue weighted by Gasteiger charge is 2.08. The summed E-state index contributed by atoms with van der Waals surface area (Å²) in [5, 5.41) is 21.8. The van der Waals surface area contributed by atoms with E-state index in [0.29, 0.717) is 17.2 Å². The van der Waals surface area contributed by atoms with Gasteiger partial charge in [-0.3, -0.25) is 0 Å². The van der Waals surface area contributed by atoms with E-state index in [2.05, 4.69) is 10.3 Å². The van der Waals surface area contributed by atoms with Crippen molar-refractivity contribution in [2.45, 2.75) is 22.9 Å². The van der Waals surface area contributed by atoms with Crippen molar-refractivity contribution >= 4 is 23.4 Å². The maximum absolute atomic E-state index is 11.7. The fraction of sp³-hybridized carbons (Fsp3) is 0.294. The third kappa shape index (κ3) is 5.52. The van der Waals surface area contributed by atoms with Crippen LogP contribution in [0.25, 0.3) is 0 Å². The smallest absolute Gasteiger partial charge is 0.338 e. The van der Waals surface area contributed by atoms with E-state index in [0.717, 1.165) is 10.6 Å². The van der Waals surface area contributed by atoms with E-state index in [1.165, 1.54) is 11.8 Å². The molecule has 0 bridgehead atoms. The molecule has 24 heavy (non-hydrogen) atoms. The van der Waals surface area contributed by atoms with E-state index in [9.17, 15) is 9.90 Å². The topological polar surface area (TPSA) is 91.7 Å². The molecule has 0 aliphatic heterocycles. The summed E-state index contributed by atoms with van der Waals surface area (Å²) in [7, 11) is 0. The zero-order valence-electron chi connectivity index (χ0n) is 13.3. The first kappa shape index (κ1) is 18.3. The van der Waals surface area contributed by atoms with Crippen LogP contribution in [0.2, 0.25) is 0 Å². The summed E-state index contributed by atoms with van der Waals surface area (Å²) in [6.45, 7) is 2.11. The third-order valence-corrected chi connectivity index (χ3v) is 4.02. The first-order chi connectivity index (χ1) is 11.6. The van der Waals surface area contributed by atoms with Gasteiger partial charge in [-0.25, -0.2) is 9.78 Å². The van der Waals surface area contributed by atoms with Gasteiger partial charge in [0.05, 0.1) is 24.9 Å².